The van der Waals surface area contributed by atoms with Crippen LogP contribution in [-0.2, 0) is 4.84 Å². The summed E-state index contributed by atoms with van der Waals surface area (Å²) in [6.45, 7) is 0.212. The SMILES string of the molecule is C#CCON=Cc1ccccc1. The zero-order chi connectivity index (χ0) is 8.65. The van der Waals surface area contributed by atoms with Gasteiger partial charge in [0.05, 0.1) is 6.21 Å². The third kappa shape index (κ3) is 2.89. The van der Waals surface area contributed by atoms with Crippen LogP contribution in [0, 0.1) is 12.3 Å². The molecule has 1 rings (SSSR count). The van der Waals surface area contributed by atoms with E-state index >= 15 is 0 Å². The summed E-state index contributed by atoms with van der Waals surface area (Å²) in [5.41, 5.74) is 0.995. The van der Waals surface area contributed by atoms with Crippen LogP contribution < -0.4 is 0 Å². The highest BCUT2D eigenvalue weighted by atomic mass is 16.6. The molecule has 0 aliphatic carbocycles. The van der Waals surface area contributed by atoms with Gasteiger partial charge in [0.1, 0.15) is 0 Å². The van der Waals surface area contributed by atoms with E-state index in [1.807, 2.05) is 30.3 Å². The maximum atomic E-state index is 4.96. The molecule has 12 heavy (non-hydrogen) atoms. The summed E-state index contributed by atoms with van der Waals surface area (Å²) >= 11 is 0. The molecule has 0 heterocycles. The molecule has 0 fully saturated rings. The number of rotatable bonds is 3. The first-order valence-corrected chi connectivity index (χ1v) is 3.57. The second-order valence-corrected chi connectivity index (χ2v) is 2.12. The van der Waals surface area contributed by atoms with E-state index in [0.29, 0.717) is 0 Å². The van der Waals surface area contributed by atoms with E-state index in [0.717, 1.165) is 5.56 Å². The summed E-state index contributed by atoms with van der Waals surface area (Å²) in [7, 11) is 0. The van der Waals surface area contributed by atoms with Crippen molar-refractivity contribution >= 4 is 6.21 Å². The normalized spacial score (nSPS) is 9.58. The lowest BCUT2D eigenvalue weighted by atomic mass is 10.2. The summed E-state index contributed by atoms with van der Waals surface area (Å²) in [4.78, 5) is 4.72. The fourth-order valence-electron chi connectivity index (χ4n) is 0.712. The summed E-state index contributed by atoms with van der Waals surface area (Å²) in [5.74, 6) is 2.32. The maximum Gasteiger partial charge on any atom is 0.177 e. The standard InChI is InChI=1S/C10H9NO/c1-2-8-12-11-9-10-6-4-3-5-7-10/h1,3-7,9H,8H2. The Labute approximate surface area is 71.9 Å². The van der Waals surface area contributed by atoms with Crippen LogP contribution in [0.4, 0.5) is 0 Å². The van der Waals surface area contributed by atoms with Gasteiger partial charge in [0, 0.05) is 0 Å². The average molecular weight is 159 g/mol. The molecular formula is C10H9NO. The largest absolute Gasteiger partial charge is 0.383 e. The molecule has 0 aliphatic rings. The van der Waals surface area contributed by atoms with Crippen molar-refractivity contribution in [3.8, 4) is 12.3 Å². The molecular weight excluding hydrogens is 150 g/mol. The van der Waals surface area contributed by atoms with Crippen LogP contribution in [-0.4, -0.2) is 12.8 Å². The Morgan fingerprint density at radius 2 is 2.17 bits per heavy atom. The van der Waals surface area contributed by atoms with Crippen molar-refractivity contribution in [3.05, 3.63) is 35.9 Å². The molecule has 0 unspecified atom stereocenters. The van der Waals surface area contributed by atoms with Crippen LogP contribution in [0.3, 0.4) is 0 Å². The number of hydrogen-bond donors (Lipinski definition) is 0. The molecule has 1 aromatic rings. The van der Waals surface area contributed by atoms with Crippen molar-refractivity contribution in [2.75, 3.05) is 6.61 Å². The molecule has 1 aromatic carbocycles. The van der Waals surface area contributed by atoms with Gasteiger partial charge in [-0.15, -0.1) is 6.42 Å². The molecule has 0 saturated heterocycles. The summed E-state index contributed by atoms with van der Waals surface area (Å²) in [5, 5.41) is 3.66. The number of benzene rings is 1. The molecule has 0 amide bonds. The minimum atomic E-state index is 0.212. The van der Waals surface area contributed by atoms with Crippen LogP contribution in [0.25, 0.3) is 0 Å². The summed E-state index contributed by atoms with van der Waals surface area (Å²) in [6.07, 6.45) is 6.58. The Hall–Kier alpha value is -1.75. The van der Waals surface area contributed by atoms with Crippen molar-refractivity contribution < 1.29 is 4.84 Å². The van der Waals surface area contributed by atoms with Gasteiger partial charge >= 0.3 is 0 Å². The van der Waals surface area contributed by atoms with Crippen molar-refractivity contribution in [1.82, 2.24) is 0 Å². The van der Waals surface area contributed by atoms with Gasteiger partial charge in [-0.25, -0.2) is 0 Å². The first-order chi connectivity index (χ1) is 5.93. The predicted octanol–water partition coefficient (Wildman–Crippen LogP) is 1.67. The van der Waals surface area contributed by atoms with Gasteiger partial charge in [0.15, 0.2) is 6.61 Å². The highest BCUT2D eigenvalue weighted by Gasteiger charge is 1.82. The molecule has 0 spiro atoms. The number of nitrogens with zero attached hydrogens (tertiary/aromatic N) is 1. The highest BCUT2D eigenvalue weighted by Crippen LogP contribution is 1.93. The Kier molecular flexibility index (Phi) is 3.46. The number of hydrogen-bond acceptors (Lipinski definition) is 2. The Morgan fingerprint density at radius 3 is 2.83 bits per heavy atom. The van der Waals surface area contributed by atoms with Gasteiger partial charge in [-0.3, -0.25) is 0 Å². The molecule has 0 aromatic heterocycles. The lowest BCUT2D eigenvalue weighted by molar-refractivity contribution is 0.181. The molecule has 0 saturated carbocycles. The van der Waals surface area contributed by atoms with E-state index in [9.17, 15) is 0 Å². The Balaban J connectivity index is 2.43. The maximum absolute atomic E-state index is 4.96. The fourth-order valence-corrected chi connectivity index (χ4v) is 0.712. The van der Waals surface area contributed by atoms with Crippen LogP contribution in [0.1, 0.15) is 5.56 Å². The molecule has 0 atom stereocenters. The van der Waals surface area contributed by atoms with Crippen LogP contribution in [0.15, 0.2) is 35.5 Å². The number of terminal acetylenes is 1. The van der Waals surface area contributed by atoms with Crippen LogP contribution in [0.2, 0.25) is 0 Å². The van der Waals surface area contributed by atoms with Gasteiger partial charge in [0.25, 0.3) is 0 Å². The molecule has 60 valence electrons. The third-order valence-corrected chi connectivity index (χ3v) is 1.22. The van der Waals surface area contributed by atoms with E-state index in [2.05, 4.69) is 11.1 Å². The van der Waals surface area contributed by atoms with Gasteiger partial charge in [0.2, 0.25) is 0 Å². The molecule has 0 bridgehead atoms. The van der Waals surface area contributed by atoms with Crippen molar-refractivity contribution in [1.29, 1.82) is 0 Å². The van der Waals surface area contributed by atoms with Crippen molar-refractivity contribution in [3.63, 3.8) is 0 Å². The van der Waals surface area contributed by atoms with Gasteiger partial charge < -0.3 is 4.84 Å². The van der Waals surface area contributed by atoms with Crippen molar-refractivity contribution in [2.24, 2.45) is 5.16 Å². The molecule has 0 radical (unpaired) electrons. The molecule has 0 aliphatic heterocycles. The van der Waals surface area contributed by atoms with E-state index < -0.39 is 0 Å². The second-order valence-electron chi connectivity index (χ2n) is 2.12. The minimum absolute atomic E-state index is 0.212. The minimum Gasteiger partial charge on any atom is -0.383 e. The highest BCUT2D eigenvalue weighted by molar-refractivity contribution is 5.78. The fraction of sp³-hybridized carbons (Fsp3) is 0.100. The summed E-state index contributed by atoms with van der Waals surface area (Å²) < 4.78 is 0. The average Bonchev–Trinajstić information content (AvgIpc) is 2.14. The monoisotopic (exact) mass is 159 g/mol. The predicted molar refractivity (Wildman–Crippen MR) is 48.8 cm³/mol. The zero-order valence-corrected chi connectivity index (χ0v) is 6.60. The Bertz CT molecular complexity index is 284. The van der Waals surface area contributed by atoms with Gasteiger partial charge in [-0.2, -0.15) is 0 Å². The lowest BCUT2D eigenvalue weighted by Crippen LogP contribution is -1.84. The molecule has 2 nitrogen and oxygen atoms in total. The van der Waals surface area contributed by atoms with Crippen LogP contribution in [0.5, 0.6) is 0 Å². The summed E-state index contributed by atoms with van der Waals surface area (Å²) in [6, 6.07) is 9.68. The van der Waals surface area contributed by atoms with Crippen molar-refractivity contribution in [2.45, 2.75) is 0 Å². The number of oxime groups is 1. The van der Waals surface area contributed by atoms with E-state index in [1.54, 1.807) is 6.21 Å². The molecule has 2 heteroatoms. The Morgan fingerprint density at radius 1 is 1.42 bits per heavy atom. The van der Waals surface area contributed by atoms with Crippen LogP contribution >= 0.6 is 0 Å². The smallest absolute Gasteiger partial charge is 0.177 e. The first kappa shape index (κ1) is 8.35. The lowest BCUT2D eigenvalue weighted by Gasteiger charge is -1.90. The van der Waals surface area contributed by atoms with E-state index in [4.69, 9.17) is 11.3 Å². The van der Waals surface area contributed by atoms with E-state index in [-0.39, 0.29) is 6.61 Å². The third-order valence-electron chi connectivity index (χ3n) is 1.22. The molecule has 0 N–H and O–H groups in total. The second kappa shape index (κ2) is 4.97. The van der Waals surface area contributed by atoms with E-state index in [1.165, 1.54) is 0 Å². The topological polar surface area (TPSA) is 21.6 Å². The van der Waals surface area contributed by atoms with Gasteiger partial charge in [-0.1, -0.05) is 41.4 Å². The quantitative estimate of drug-likeness (QED) is 0.284. The zero-order valence-electron chi connectivity index (χ0n) is 6.60. The first-order valence-electron chi connectivity index (χ1n) is 3.57. The van der Waals surface area contributed by atoms with Gasteiger partial charge in [-0.05, 0) is 5.56 Å².